The van der Waals surface area contributed by atoms with Crippen LogP contribution in [0.3, 0.4) is 0 Å². The molecule has 0 radical (unpaired) electrons. The first kappa shape index (κ1) is 18.9. The second-order valence-electron chi connectivity index (χ2n) is 5.33. The molecule has 0 fully saturated rings. The lowest BCUT2D eigenvalue weighted by atomic mass is 10.1. The summed E-state index contributed by atoms with van der Waals surface area (Å²) in [6.45, 7) is 3.64. The van der Waals surface area contributed by atoms with E-state index in [0.29, 0.717) is 24.9 Å². The van der Waals surface area contributed by atoms with E-state index in [1.54, 1.807) is 7.11 Å². The molecule has 0 unspecified atom stereocenters. The van der Waals surface area contributed by atoms with Gasteiger partial charge < -0.3 is 14.8 Å². The monoisotopic (exact) mass is 357 g/mol. The molecule has 0 heterocycles. The first-order chi connectivity index (χ1) is 12.2. The Labute approximate surface area is 154 Å². The van der Waals surface area contributed by atoms with Gasteiger partial charge in [0.2, 0.25) is 0 Å². The summed E-state index contributed by atoms with van der Waals surface area (Å²) in [6.07, 6.45) is 0. The quantitative estimate of drug-likeness (QED) is 0.329. The van der Waals surface area contributed by atoms with Gasteiger partial charge in [0.15, 0.2) is 5.11 Å². The van der Waals surface area contributed by atoms with Crippen LogP contribution < -0.4 is 15.5 Å². The highest BCUT2D eigenvalue weighted by Crippen LogP contribution is 2.20. The van der Waals surface area contributed by atoms with E-state index in [-0.39, 0.29) is 0 Å². The third-order valence-electron chi connectivity index (χ3n) is 3.43. The first-order valence-electron chi connectivity index (χ1n) is 8.04. The second-order valence-corrected chi connectivity index (χ2v) is 5.74. The number of hydrogen-bond donors (Lipinski definition) is 2. The van der Waals surface area contributed by atoms with Gasteiger partial charge in [0.25, 0.3) is 0 Å². The molecule has 0 aliphatic heterocycles. The summed E-state index contributed by atoms with van der Waals surface area (Å²) < 4.78 is 10.9. The van der Waals surface area contributed by atoms with Gasteiger partial charge in [-0.1, -0.05) is 42.5 Å². The van der Waals surface area contributed by atoms with Crippen LogP contribution in [0.2, 0.25) is 0 Å². The van der Waals surface area contributed by atoms with Crippen molar-refractivity contribution in [3.05, 3.63) is 65.7 Å². The highest BCUT2D eigenvalue weighted by Gasteiger charge is 2.07. The zero-order valence-electron chi connectivity index (χ0n) is 14.5. The summed E-state index contributed by atoms with van der Waals surface area (Å²) in [6, 6.07) is 17.9. The normalized spacial score (nSPS) is 11.0. The van der Waals surface area contributed by atoms with Crippen LogP contribution in [-0.4, -0.2) is 31.1 Å². The molecular weight excluding hydrogens is 334 g/mol. The van der Waals surface area contributed by atoms with Gasteiger partial charge in [-0.2, -0.15) is 5.10 Å². The smallest absolute Gasteiger partial charge is 0.187 e. The van der Waals surface area contributed by atoms with E-state index >= 15 is 0 Å². The molecule has 0 spiro atoms. The topological polar surface area (TPSA) is 54.9 Å². The third-order valence-corrected chi connectivity index (χ3v) is 3.67. The van der Waals surface area contributed by atoms with Crippen molar-refractivity contribution in [3.8, 4) is 5.75 Å². The minimum atomic E-state index is 0.457. The maximum Gasteiger partial charge on any atom is 0.187 e. The number of thiocarbonyl (C=S) groups is 1. The van der Waals surface area contributed by atoms with Gasteiger partial charge in [-0.3, -0.25) is 5.43 Å². The van der Waals surface area contributed by atoms with Crippen LogP contribution in [0, 0.1) is 0 Å². The number of para-hydroxylation sites is 1. The van der Waals surface area contributed by atoms with E-state index in [2.05, 4.69) is 15.8 Å². The highest BCUT2D eigenvalue weighted by atomic mass is 32.1. The van der Waals surface area contributed by atoms with Crippen LogP contribution in [-0.2, 0) is 11.3 Å². The van der Waals surface area contributed by atoms with E-state index < -0.39 is 0 Å². The number of methoxy groups -OCH3 is 1. The first-order valence-corrected chi connectivity index (χ1v) is 8.44. The van der Waals surface area contributed by atoms with Crippen LogP contribution in [0.4, 0.5) is 0 Å². The average Bonchev–Trinajstić information content (AvgIpc) is 2.66. The fourth-order valence-electron chi connectivity index (χ4n) is 2.13. The van der Waals surface area contributed by atoms with Crippen LogP contribution in [0.1, 0.15) is 18.1 Å². The molecule has 2 N–H and O–H groups in total. The van der Waals surface area contributed by atoms with Crippen LogP contribution >= 0.6 is 12.2 Å². The zero-order chi connectivity index (χ0) is 17.9. The standard InChI is InChI=1S/C19H23N3O2S/c1-15(21-22-19(25)20-12-13-23-2)17-10-6-7-11-18(17)24-14-16-8-4-3-5-9-16/h3-11H,12-14H2,1-2H3,(H2,20,22,25)/b21-15-. The number of rotatable bonds is 8. The fourth-order valence-corrected chi connectivity index (χ4v) is 2.28. The lowest BCUT2D eigenvalue weighted by Gasteiger charge is -2.12. The van der Waals surface area contributed by atoms with Crippen molar-refractivity contribution in [2.75, 3.05) is 20.3 Å². The Kier molecular flexibility index (Phi) is 7.88. The Bertz CT molecular complexity index is 705. The van der Waals surface area contributed by atoms with Gasteiger partial charge in [0.1, 0.15) is 12.4 Å². The molecule has 6 heteroatoms. The summed E-state index contributed by atoms with van der Waals surface area (Å²) in [7, 11) is 1.65. The molecule has 132 valence electrons. The zero-order valence-corrected chi connectivity index (χ0v) is 15.3. The number of hydrazone groups is 1. The molecule has 2 rings (SSSR count). The second kappa shape index (κ2) is 10.4. The summed E-state index contributed by atoms with van der Waals surface area (Å²) in [5.41, 5.74) is 5.67. The highest BCUT2D eigenvalue weighted by molar-refractivity contribution is 7.80. The Morgan fingerprint density at radius 1 is 1.08 bits per heavy atom. The lowest BCUT2D eigenvalue weighted by molar-refractivity contribution is 0.204. The fraction of sp³-hybridized carbons (Fsp3) is 0.263. The van der Waals surface area contributed by atoms with Crippen LogP contribution in [0.25, 0.3) is 0 Å². The minimum Gasteiger partial charge on any atom is -0.488 e. The molecule has 0 saturated heterocycles. The van der Waals surface area contributed by atoms with Crippen molar-refractivity contribution < 1.29 is 9.47 Å². The van der Waals surface area contributed by atoms with Crippen molar-refractivity contribution in [2.24, 2.45) is 5.10 Å². The van der Waals surface area contributed by atoms with Crippen molar-refractivity contribution in [3.63, 3.8) is 0 Å². The van der Waals surface area contributed by atoms with Gasteiger partial charge >= 0.3 is 0 Å². The number of ether oxygens (including phenoxy) is 2. The predicted octanol–water partition coefficient (Wildman–Crippen LogP) is 3.10. The Hall–Kier alpha value is -2.44. The molecule has 0 atom stereocenters. The maximum atomic E-state index is 5.96. The van der Waals surface area contributed by atoms with E-state index in [1.807, 2.05) is 61.5 Å². The predicted molar refractivity (Wildman–Crippen MR) is 105 cm³/mol. The molecule has 2 aromatic rings. The average molecular weight is 357 g/mol. The van der Waals surface area contributed by atoms with Gasteiger partial charge in [-0.15, -0.1) is 0 Å². The lowest BCUT2D eigenvalue weighted by Crippen LogP contribution is -2.34. The van der Waals surface area contributed by atoms with Crippen LogP contribution in [0.5, 0.6) is 5.75 Å². The number of hydrogen-bond acceptors (Lipinski definition) is 4. The van der Waals surface area contributed by atoms with E-state index in [9.17, 15) is 0 Å². The van der Waals surface area contributed by atoms with E-state index in [4.69, 9.17) is 21.7 Å². The molecule has 0 bridgehead atoms. The van der Waals surface area contributed by atoms with Crippen molar-refractivity contribution in [2.45, 2.75) is 13.5 Å². The van der Waals surface area contributed by atoms with Crippen LogP contribution in [0.15, 0.2) is 59.7 Å². The SMILES string of the molecule is COCCNC(=S)N/N=C(/C)c1ccccc1OCc1ccccc1. The maximum absolute atomic E-state index is 5.96. The molecule has 0 aliphatic rings. The molecule has 0 aromatic heterocycles. The Morgan fingerprint density at radius 2 is 1.80 bits per heavy atom. The minimum absolute atomic E-state index is 0.457. The van der Waals surface area contributed by atoms with Gasteiger partial charge in [-0.05, 0) is 36.8 Å². The van der Waals surface area contributed by atoms with Crippen molar-refractivity contribution >= 4 is 23.0 Å². The molecule has 0 aliphatic carbocycles. The summed E-state index contributed by atoms with van der Waals surface area (Å²) >= 11 is 5.17. The Balaban J connectivity index is 1.98. The van der Waals surface area contributed by atoms with Crippen molar-refractivity contribution in [1.82, 2.24) is 10.7 Å². The largest absolute Gasteiger partial charge is 0.488 e. The summed E-state index contributed by atoms with van der Waals surface area (Å²) in [5, 5.41) is 7.80. The molecule has 0 saturated carbocycles. The summed E-state index contributed by atoms with van der Waals surface area (Å²) in [5.74, 6) is 0.785. The van der Waals surface area contributed by atoms with Gasteiger partial charge in [-0.25, -0.2) is 0 Å². The van der Waals surface area contributed by atoms with E-state index in [1.165, 1.54) is 0 Å². The molecule has 0 amide bonds. The molecular formula is C19H23N3O2S. The third kappa shape index (κ3) is 6.52. The molecule has 5 nitrogen and oxygen atoms in total. The van der Waals surface area contributed by atoms with E-state index in [0.717, 1.165) is 22.6 Å². The Morgan fingerprint density at radius 3 is 2.56 bits per heavy atom. The molecule has 25 heavy (non-hydrogen) atoms. The van der Waals surface area contributed by atoms with Crippen molar-refractivity contribution in [1.29, 1.82) is 0 Å². The van der Waals surface area contributed by atoms with Gasteiger partial charge in [0.05, 0.1) is 12.3 Å². The number of nitrogens with zero attached hydrogens (tertiary/aromatic N) is 1. The van der Waals surface area contributed by atoms with Gasteiger partial charge in [0, 0.05) is 19.2 Å². The molecule has 2 aromatic carbocycles. The number of nitrogens with one attached hydrogen (secondary N) is 2. The summed E-state index contributed by atoms with van der Waals surface area (Å²) in [4.78, 5) is 0. The number of benzene rings is 2.